The first-order valence-electron chi connectivity index (χ1n) is 5.58. The Morgan fingerprint density at radius 1 is 1.10 bits per heavy atom. The molecule has 0 radical (unpaired) electrons. The highest BCUT2D eigenvalue weighted by Crippen LogP contribution is 2.34. The van der Waals surface area contributed by atoms with Crippen molar-refractivity contribution in [3.8, 4) is 11.4 Å². The number of hydrogen-bond donors (Lipinski definition) is 1. The van der Waals surface area contributed by atoms with E-state index in [9.17, 15) is 13.2 Å². The smallest absolute Gasteiger partial charge is 0.398 e. The molecule has 0 fully saturated rings. The molecule has 2 N–H and O–H groups in total. The van der Waals surface area contributed by atoms with Crippen LogP contribution in [0, 0.1) is 0 Å². The molecule has 0 aliphatic heterocycles. The number of nitrogen functional groups attached to an aromatic ring is 1. The van der Waals surface area contributed by atoms with E-state index in [1.165, 1.54) is 12.4 Å². The van der Waals surface area contributed by atoms with Crippen LogP contribution in [0.2, 0.25) is 0 Å². The fourth-order valence-corrected chi connectivity index (χ4v) is 1.87. The fourth-order valence-electron chi connectivity index (χ4n) is 1.87. The lowest BCUT2D eigenvalue weighted by Crippen LogP contribution is -2.06. The van der Waals surface area contributed by atoms with Crippen LogP contribution in [0.5, 0.6) is 0 Å². The molecule has 102 valence electrons. The molecule has 5 nitrogen and oxygen atoms in total. The van der Waals surface area contributed by atoms with Gasteiger partial charge in [0, 0.05) is 23.5 Å². The molecule has 0 bridgehead atoms. The van der Waals surface area contributed by atoms with Crippen molar-refractivity contribution < 1.29 is 13.2 Å². The Morgan fingerprint density at radius 2 is 1.90 bits per heavy atom. The summed E-state index contributed by atoms with van der Waals surface area (Å²) < 4.78 is 39.3. The van der Waals surface area contributed by atoms with E-state index in [0.717, 1.165) is 12.1 Å². The highest BCUT2D eigenvalue weighted by molar-refractivity contribution is 5.73. The fraction of sp³-hybridized carbons (Fsp3) is 0.0833. The second-order valence-corrected chi connectivity index (χ2v) is 4.13. The number of fused-ring (bicyclic) bond motifs is 1. The molecule has 3 rings (SSSR count). The number of halogens is 3. The van der Waals surface area contributed by atoms with Gasteiger partial charge in [0.2, 0.25) is 0 Å². The first-order valence-corrected chi connectivity index (χ1v) is 5.58. The summed E-state index contributed by atoms with van der Waals surface area (Å²) in [6, 6.07) is 4.76. The van der Waals surface area contributed by atoms with E-state index in [-0.39, 0.29) is 5.69 Å². The zero-order valence-corrected chi connectivity index (χ0v) is 9.96. The molecule has 2 aromatic heterocycles. The van der Waals surface area contributed by atoms with Gasteiger partial charge in [-0.05, 0) is 18.2 Å². The molecule has 8 heteroatoms. The molecule has 0 saturated carbocycles. The molecule has 0 saturated heterocycles. The third-order valence-electron chi connectivity index (χ3n) is 2.83. The van der Waals surface area contributed by atoms with Gasteiger partial charge >= 0.3 is 6.18 Å². The molecular formula is C12H8F3N5. The molecule has 0 atom stereocenters. The maximum atomic E-state index is 12.6. The van der Waals surface area contributed by atoms with Gasteiger partial charge in [0.15, 0.2) is 11.5 Å². The number of aromatic nitrogens is 4. The second-order valence-electron chi connectivity index (χ2n) is 4.13. The van der Waals surface area contributed by atoms with Crippen molar-refractivity contribution in [2.24, 2.45) is 0 Å². The highest BCUT2D eigenvalue weighted by atomic mass is 19.4. The van der Waals surface area contributed by atoms with Crippen LogP contribution in [0.25, 0.3) is 17.0 Å². The number of nitrogens with two attached hydrogens (primary N) is 1. The molecule has 0 unspecified atom stereocenters. The minimum Gasteiger partial charge on any atom is -0.398 e. The van der Waals surface area contributed by atoms with E-state index in [4.69, 9.17) is 5.73 Å². The molecule has 2 heterocycles. The molecule has 1 aromatic carbocycles. The van der Waals surface area contributed by atoms with E-state index in [0.29, 0.717) is 17.0 Å². The largest absolute Gasteiger partial charge is 0.416 e. The van der Waals surface area contributed by atoms with Gasteiger partial charge in [-0.15, -0.1) is 10.2 Å². The lowest BCUT2D eigenvalue weighted by atomic mass is 10.1. The van der Waals surface area contributed by atoms with E-state index in [1.54, 1.807) is 16.7 Å². The summed E-state index contributed by atoms with van der Waals surface area (Å²) in [6.45, 7) is 0. The van der Waals surface area contributed by atoms with Gasteiger partial charge in [0.05, 0.1) is 5.56 Å². The van der Waals surface area contributed by atoms with Crippen LogP contribution >= 0.6 is 0 Å². The van der Waals surface area contributed by atoms with Crippen molar-refractivity contribution in [3.05, 3.63) is 42.4 Å². The molecule has 0 amide bonds. The van der Waals surface area contributed by atoms with Crippen LogP contribution in [0.3, 0.4) is 0 Å². The minimum absolute atomic E-state index is 0.0158. The maximum Gasteiger partial charge on any atom is 0.416 e. The van der Waals surface area contributed by atoms with Crippen LogP contribution in [-0.2, 0) is 6.18 Å². The number of rotatable bonds is 1. The quantitative estimate of drug-likeness (QED) is 0.694. The minimum atomic E-state index is -4.43. The second kappa shape index (κ2) is 4.19. The van der Waals surface area contributed by atoms with Gasteiger partial charge in [0.25, 0.3) is 0 Å². The first-order chi connectivity index (χ1) is 9.47. The van der Waals surface area contributed by atoms with Crippen LogP contribution < -0.4 is 5.73 Å². The lowest BCUT2D eigenvalue weighted by molar-refractivity contribution is -0.137. The van der Waals surface area contributed by atoms with Crippen molar-refractivity contribution >= 4 is 11.3 Å². The zero-order chi connectivity index (χ0) is 14.3. The van der Waals surface area contributed by atoms with Crippen LogP contribution in [0.4, 0.5) is 18.9 Å². The van der Waals surface area contributed by atoms with E-state index in [1.807, 2.05) is 0 Å². The predicted octanol–water partition coefficient (Wildman–Crippen LogP) is 2.39. The summed E-state index contributed by atoms with van der Waals surface area (Å²) in [5, 5.41) is 7.83. The summed E-state index contributed by atoms with van der Waals surface area (Å²) >= 11 is 0. The van der Waals surface area contributed by atoms with Crippen LogP contribution in [0.1, 0.15) is 5.56 Å². The van der Waals surface area contributed by atoms with Crippen LogP contribution in [-0.4, -0.2) is 19.6 Å². The number of nitrogens with zero attached hydrogens (tertiary/aromatic N) is 4. The summed E-state index contributed by atoms with van der Waals surface area (Å²) in [5.74, 6) is 0.347. The van der Waals surface area contributed by atoms with Gasteiger partial charge in [-0.2, -0.15) is 13.2 Å². The molecule has 3 aromatic rings. The number of benzene rings is 1. The SMILES string of the molecule is Nc1cc(C(F)(F)F)ccc1-c1nnc2ccncn12. The van der Waals surface area contributed by atoms with Crippen molar-refractivity contribution in [2.45, 2.75) is 6.18 Å². The van der Waals surface area contributed by atoms with Gasteiger partial charge in [-0.1, -0.05) is 0 Å². The summed E-state index contributed by atoms with van der Waals surface area (Å²) in [7, 11) is 0. The van der Waals surface area contributed by atoms with Crippen molar-refractivity contribution in [1.82, 2.24) is 19.6 Å². The van der Waals surface area contributed by atoms with Gasteiger partial charge < -0.3 is 5.73 Å². The average Bonchev–Trinajstić information content (AvgIpc) is 2.81. The van der Waals surface area contributed by atoms with Crippen LogP contribution in [0.15, 0.2) is 36.8 Å². The Labute approximate surface area is 110 Å². The number of alkyl halides is 3. The Kier molecular flexibility index (Phi) is 2.60. The Bertz CT molecular complexity index is 778. The number of anilines is 1. The van der Waals surface area contributed by atoms with Gasteiger partial charge in [-0.3, -0.25) is 4.40 Å². The van der Waals surface area contributed by atoms with E-state index in [2.05, 4.69) is 15.2 Å². The Balaban J connectivity index is 2.16. The van der Waals surface area contributed by atoms with Gasteiger partial charge in [0.1, 0.15) is 6.33 Å². The highest BCUT2D eigenvalue weighted by Gasteiger charge is 2.31. The summed E-state index contributed by atoms with van der Waals surface area (Å²) in [5.41, 5.74) is 5.79. The first kappa shape index (κ1) is 12.4. The zero-order valence-electron chi connectivity index (χ0n) is 9.96. The molecule has 0 aliphatic rings. The Hall–Kier alpha value is -2.64. The molecular weight excluding hydrogens is 271 g/mol. The average molecular weight is 279 g/mol. The van der Waals surface area contributed by atoms with Crippen molar-refractivity contribution in [2.75, 3.05) is 5.73 Å². The third kappa shape index (κ3) is 1.94. The van der Waals surface area contributed by atoms with Crippen molar-refractivity contribution in [3.63, 3.8) is 0 Å². The maximum absolute atomic E-state index is 12.6. The lowest BCUT2D eigenvalue weighted by Gasteiger charge is -2.09. The predicted molar refractivity (Wildman–Crippen MR) is 65.6 cm³/mol. The van der Waals surface area contributed by atoms with E-state index >= 15 is 0 Å². The third-order valence-corrected chi connectivity index (χ3v) is 2.83. The van der Waals surface area contributed by atoms with Gasteiger partial charge in [-0.25, -0.2) is 4.98 Å². The normalized spacial score (nSPS) is 11.9. The summed E-state index contributed by atoms with van der Waals surface area (Å²) in [4.78, 5) is 3.92. The monoisotopic (exact) mass is 279 g/mol. The van der Waals surface area contributed by atoms with Crippen molar-refractivity contribution in [1.29, 1.82) is 0 Å². The summed E-state index contributed by atoms with van der Waals surface area (Å²) in [6.07, 6.45) is -1.41. The molecule has 0 spiro atoms. The Morgan fingerprint density at radius 3 is 2.60 bits per heavy atom. The molecule has 20 heavy (non-hydrogen) atoms. The van der Waals surface area contributed by atoms with E-state index < -0.39 is 11.7 Å². The number of hydrogen-bond acceptors (Lipinski definition) is 4. The molecule has 0 aliphatic carbocycles. The standard InChI is InChI=1S/C12H8F3N5/c13-12(14,15)7-1-2-8(9(16)5-7)11-19-18-10-3-4-17-6-20(10)11/h1-6H,16H2. The topological polar surface area (TPSA) is 69.1 Å².